The Morgan fingerprint density at radius 2 is 1.65 bits per heavy atom. The van der Waals surface area contributed by atoms with Crippen LogP contribution < -0.4 is 5.43 Å². The number of sulfonamides is 1. The summed E-state index contributed by atoms with van der Waals surface area (Å²) in [7, 11) is -3.68. The maximum absolute atomic E-state index is 12.8. The molecule has 0 fully saturated rings. The van der Waals surface area contributed by atoms with Gasteiger partial charge in [-0.3, -0.25) is 9.59 Å². The number of aromatic amines is 1. The Bertz CT molecular complexity index is 958. The molecule has 0 saturated heterocycles. The van der Waals surface area contributed by atoms with Gasteiger partial charge in [0.15, 0.2) is 0 Å². The van der Waals surface area contributed by atoms with E-state index >= 15 is 0 Å². The van der Waals surface area contributed by atoms with Crippen molar-refractivity contribution in [3.63, 3.8) is 0 Å². The minimum absolute atomic E-state index is 0.0126. The Labute approximate surface area is 153 Å². The highest BCUT2D eigenvalue weighted by Crippen LogP contribution is 2.19. The van der Waals surface area contributed by atoms with E-state index in [1.54, 1.807) is 24.8 Å². The Hall–Kier alpha value is -2.19. The van der Waals surface area contributed by atoms with E-state index in [0.717, 1.165) is 0 Å². The van der Waals surface area contributed by atoms with Gasteiger partial charge in [-0.1, -0.05) is 13.8 Å². The van der Waals surface area contributed by atoms with E-state index in [-0.39, 0.29) is 21.8 Å². The molecule has 0 radical (unpaired) electrons. The average Bonchev–Trinajstić information content (AvgIpc) is 2.63. The summed E-state index contributed by atoms with van der Waals surface area (Å²) in [6, 6.07) is 4.37. The number of amides is 1. The van der Waals surface area contributed by atoms with Crippen LogP contribution >= 0.6 is 0 Å². The number of nitrogens with one attached hydrogen (secondary N) is 1. The summed E-state index contributed by atoms with van der Waals surface area (Å²) in [5, 5.41) is 0.191. The Kier molecular flexibility index (Phi) is 6.20. The monoisotopic (exact) mass is 379 g/mol. The minimum Gasteiger partial charge on any atom is -0.360 e. The summed E-state index contributed by atoms with van der Waals surface area (Å²) in [5.41, 5.74) is 0.0374. The third kappa shape index (κ3) is 3.52. The van der Waals surface area contributed by atoms with E-state index in [1.165, 1.54) is 22.6 Å². The van der Waals surface area contributed by atoms with Crippen molar-refractivity contribution in [2.75, 3.05) is 26.2 Å². The van der Waals surface area contributed by atoms with Gasteiger partial charge in [-0.15, -0.1) is 0 Å². The lowest BCUT2D eigenvalue weighted by Crippen LogP contribution is -2.34. The number of carbonyl (C=O) groups is 1. The highest BCUT2D eigenvalue weighted by atomic mass is 32.2. The zero-order valence-electron chi connectivity index (χ0n) is 15.6. The van der Waals surface area contributed by atoms with Crippen molar-refractivity contribution in [1.82, 2.24) is 14.2 Å². The molecule has 142 valence electrons. The second kappa shape index (κ2) is 8.01. The lowest BCUT2D eigenvalue weighted by molar-refractivity contribution is 0.0771. The van der Waals surface area contributed by atoms with Crippen LogP contribution in [0.3, 0.4) is 0 Å². The first-order valence-corrected chi connectivity index (χ1v) is 10.2. The van der Waals surface area contributed by atoms with Gasteiger partial charge >= 0.3 is 0 Å². The van der Waals surface area contributed by atoms with E-state index < -0.39 is 15.5 Å². The summed E-state index contributed by atoms with van der Waals surface area (Å²) < 4.78 is 26.7. The zero-order chi connectivity index (χ0) is 19.5. The highest BCUT2D eigenvalue weighted by molar-refractivity contribution is 7.89. The molecule has 7 nitrogen and oxygen atoms in total. The Balaban J connectivity index is 2.64. The summed E-state index contributed by atoms with van der Waals surface area (Å²) in [6.45, 7) is 8.86. The largest absolute Gasteiger partial charge is 0.360 e. The molecule has 0 saturated carbocycles. The number of fused-ring (bicyclic) bond motifs is 1. The fourth-order valence-electron chi connectivity index (χ4n) is 2.91. The first-order valence-electron chi connectivity index (χ1n) is 8.76. The molecule has 1 N–H and O–H groups in total. The molecule has 0 atom stereocenters. The second-order valence-electron chi connectivity index (χ2n) is 5.81. The van der Waals surface area contributed by atoms with Crippen LogP contribution in [-0.4, -0.2) is 54.7 Å². The van der Waals surface area contributed by atoms with Crippen LogP contribution in [0.1, 0.15) is 38.1 Å². The van der Waals surface area contributed by atoms with Crippen LogP contribution in [0.25, 0.3) is 10.9 Å². The molecule has 0 aliphatic rings. The van der Waals surface area contributed by atoms with Crippen LogP contribution in [-0.2, 0) is 10.0 Å². The normalized spacial score (nSPS) is 11.9. The molecule has 2 rings (SSSR count). The third-order valence-electron chi connectivity index (χ3n) is 4.48. The molecule has 1 aromatic heterocycles. The second-order valence-corrected chi connectivity index (χ2v) is 7.74. The van der Waals surface area contributed by atoms with Gasteiger partial charge < -0.3 is 9.88 Å². The molecule has 0 aliphatic carbocycles. The van der Waals surface area contributed by atoms with E-state index in [9.17, 15) is 18.0 Å². The van der Waals surface area contributed by atoms with Crippen molar-refractivity contribution in [1.29, 1.82) is 0 Å². The van der Waals surface area contributed by atoms with Gasteiger partial charge in [0.1, 0.15) is 5.56 Å². The molecule has 0 spiro atoms. The van der Waals surface area contributed by atoms with E-state index in [1.807, 2.05) is 13.8 Å². The minimum atomic E-state index is -3.68. The molecule has 2 aromatic rings. The molecule has 0 aliphatic heterocycles. The SMILES string of the molecule is CCN(CC)C(=O)c1c[nH]c2ccc(S(=O)(=O)N(CC)CC)cc2c1=O. The Morgan fingerprint density at radius 1 is 1.04 bits per heavy atom. The Morgan fingerprint density at radius 3 is 2.19 bits per heavy atom. The van der Waals surface area contributed by atoms with Crippen molar-refractivity contribution < 1.29 is 13.2 Å². The van der Waals surface area contributed by atoms with Gasteiger partial charge in [0.05, 0.1) is 4.90 Å². The predicted octanol–water partition coefficient (Wildman–Crippen LogP) is 2.04. The number of H-pyrrole nitrogens is 1. The summed E-state index contributed by atoms with van der Waals surface area (Å²) >= 11 is 0. The first kappa shape index (κ1) is 20.1. The van der Waals surface area contributed by atoms with E-state index in [4.69, 9.17) is 0 Å². The fourth-order valence-corrected chi connectivity index (χ4v) is 4.40. The molecule has 1 aromatic carbocycles. The number of aromatic nitrogens is 1. The molecule has 8 heteroatoms. The molecule has 1 heterocycles. The van der Waals surface area contributed by atoms with Gasteiger partial charge in [-0.25, -0.2) is 8.42 Å². The quantitative estimate of drug-likeness (QED) is 0.797. The van der Waals surface area contributed by atoms with Crippen molar-refractivity contribution >= 4 is 26.8 Å². The highest BCUT2D eigenvalue weighted by Gasteiger charge is 2.23. The van der Waals surface area contributed by atoms with Gasteiger partial charge in [0.2, 0.25) is 15.5 Å². The molecule has 1 amide bonds. The molecule has 0 bridgehead atoms. The van der Waals surface area contributed by atoms with E-state index in [2.05, 4.69) is 4.98 Å². The van der Waals surface area contributed by atoms with Crippen molar-refractivity contribution in [3.8, 4) is 0 Å². The van der Waals surface area contributed by atoms with Gasteiger partial charge in [0, 0.05) is 43.3 Å². The molecular formula is C18H25N3O4S. The van der Waals surface area contributed by atoms with Crippen LogP contribution in [0, 0.1) is 0 Å². The van der Waals surface area contributed by atoms with Gasteiger partial charge in [-0.2, -0.15) is 4.31 Å². The number of nitrogens with zero attached hydrogens (tertiary/aromatic N) is 2. The van der Waals surface area contributed by atoms with Crippen molar-refractivity contribution in [3.05, 3.63) is 40.2 Å². The van der Waals surface area contributed by atoms with Gasteiger partial charge in [0.25, 0.3) is 5.91 Å². The smallest absolute Gasteiger partial charge is 0.259 e. The molecule has 26 heavy (non-hydrogen) atoms. The number of rotatable bonds is 7. The number of benzene rings is 1. The molecular weight excluding hydrogens is 354 g/mol. The van der Waals surface area contributed by atoms with Gasteiger partial charge in [-0.05, 0) is 32.0 Å². The number of carbonyl (C=O) groups excluding carboxylic acids is 1. The molecule has 0 unspecified atom stereocenters. The fraction of sp³-hybridized carbons (Fsp3) is 0.444. The lowest BCUT2D eigenvalue weighted by atomic mass is 10.1. The zero-order valence-corrected chi connectivity index (χ0v) is 16.4. The first-order chi connectivity index (χ1) is 12.3. The van der Waals surface area contributed by atoms with Crippen LogP contribution in [0.15, 0.2) is 34.1 Å². The maximum Gasteiger partial charge on any atom is 0.259 e. The lowest BCUT2D eigenvalue weighted by Gasteiger charge is -2.19. The van der Waals surface area contributed by atoms with Crippen molar-refractivity contribution in [2.45, 2.75) is 32.6 Å². The van der Waals surface area contributed by atoms with Crippen LogP contribution in [0.4, 0.5) is 0 Å². The predicted molar refractivity (Wildman–Crippen MR) is 102 cm³/mol. The maximum atomic E-state index is 12.8. The average molecular weight is 379 g/mol. The van der Waals surface area contributed by atoms with Crippen LogP contribution in [0.5, 0.6) is 0 Å². The topological polar surface area (TPSA) is 90.6 Å². The third-order valence-corrected chi connectivity index (χ3v) is 6.52. The number of pyridine rings is 1. The summed E-state index contributed by atoms with van der Waals surface area (Å²) in [4.78, 5) is 29.9. The summed E-state index contributed by atoms with van der Waals surface area (Å²) in [5.74, 6) is -0.366. The number of hydrogen-bond donors (Lipinski definition) is 1. The number of hydrogen-bond acceptors (Lipinski definition) is 4. The standard InChI is InChI=1S/C18H25N3O4S/c1-5-20(6-2)18(23)15-12-19-16-10-9-13(11-14(16)17(15)22)26(24,25)21(7-3)8-4/h9-12H,5-8H2,1-4H3,(H,19,22). The van der Waals surface area contributed by atoms with E-state index in [0.29, 0.717) is 31.7 Å². The van der Waals surface area contributed by atoms with Crippen molar-refractivity contribution in [2.24, 2.45) is 0 Å². The summed E-state index contributed by atoms with van der Waals surface area (Å²) in [6.07, 6.45) is 1.39. The van der Waals surface area contributed by atoms with Crippen LogP contribution in [0.2, 0.25) is 0 Å².